The van der Waals surface area contributed by atoms with Gasteiger partial charge in [0.2, 0.25) is 6.79 Å². The minimum Gasteiger partial charge on any atom is -0.454 e. The summed E-state index contributed by atoms with van der Waals surface area (Å²) in [5.41, 5.74) is 1.38. The van der Waals surface area contributed by atoms with Gasteiger partial charge >= 0.3 is 0 Å². The number of hydrogen-bond donors (Lipinski definition) is 0. The second-order valence-corrected chi connectivity index (χ2v) is 8.78. The van der Waals surface area contributed by atoms with Crippen LogP contribution >= 0.6 is 11.3 Å². The van der Waals surface area contributed by atoms with Gasteiger partial charge in [0.1, 0.15) is 5.69 Å². The number of benzene rings is 2. The summed E-state index contributed by atoms with van der Waals surface area (Å²) in [7, 11) is 0. The van der Waals surface area contributed by atoms with E-state index in [-0.39, 0.29) is 24.6 Å². The van der Waals surface area contributed by atoms with Gasteiger partial charge in [-0.1, -0.05) is 17.3 Å². The summed E-state index contributed by atoms with van der Waals surface area (Å²) in [6.07, 6.45) is 8.65. The molecule has 0 spiro atoms. The van der Waals surface area contributed by atoms with E-state index in [0.29, 0.717) is 22.0 Å². The number of hydrogen-bond acceptors (Lipinski definition) is 7. The van der Waals surface area contributed by atoms with Gasteiger partial charge in [0.15, 0.2) is 16.3 Å². The topological polar surface area (TPSA) is 99.2 Å². The number of carbonyl (C=O) groups excluding carboxylic acids is 1. The largest absolute Gasteiger partial charge is 0.454 e. The molecule has 1 amide bonds. The van der Waals surface area contributed by atoms with Gasteiger partial charge in [-0.25, -0.2) is 0 Å². The number of piperidine rings is 1. The van der Waals surface area contributed by atoms with Gasteiger partial charge in [-0.15, -0.1) is 6.42 Å². The molecule has 2 aliphatic heterocycles. The molecule has 3 heterocycles. The molecular weight excluding hydrogens is 444 g/mol. The van der Waals surface area contributed by atoms with Crippen molar-refractivity contribution >= 4 is 38.8 Å². The predicted octanol–water partition coefficient (Wildman–Crippen LogP) is 3.70. The first-order valence-corrected chi connectivity index (χ1v) is 11.4. The number of thiazole rings is 1. The number of anilines is 1. The summed E-state index contributed by atoms with van der Waals surface area (Å²) in [5.74, 6) is 3.24. The van der Waals surface area contributed by atoms with Crippen molar-refractivity contribution in [3.63, 3.8) is 0 Å². The number of carbonyl (C=O) groups is 1. The van der Waals surface area contributed by atoms with E-state index < -0.39 is 10.8 Å². The lowest BCUT2D eigenvalue weighted by molar-refractivity contribution is -0.384. The molecule has 3 aromatic rings. The first-order chi connectivity index (χ1) is 16.0. The molecule has 33 heavy (non-hydrogen) atoms. The Morgan fingerprint density at radius 3 is 2.67 bits per heavy atom. The average Bonchev–Trinajstić information content (AvgIpc) is 3.41. The van der Waals surface area contributed by atoms with Crippen LogP contribution in [0.25, 0.3) is 10.2 Å². The Kier molecular flexibility index (Phi) is 5.48. The highest BCUT2D eigenvalue weighted by Gasteiger charge is 2.23. The smallest absolute Gasteiger partial charge is 0.293 e. The number of aromatic nitrogens is 1. The number of ether oxygens (including phenoxy) is 2. The van der Waals surface area contributed by atoms with Crippen LogP contribution in [-0.2, 0) is 6.54 Å². The molecular formula is C23H20N4O5S. The number of fused-ring (bicyclic) bond motifs is 2. The molecule has 0 unspecified atom stereocenters. The molecule has 1 aromatic heterocycles. The fourth-order valence-corrected chi connectivity index (χ4v) is 5.18. The minimum atomic E-state index is -0.569. The Morgan fingerprint density at radius 2 is 1.94 bits per heavy atom. The number of amides is 1. The van der Waals surface area contributed by atoms with Crippen molar-refractivity contribution in [3.05, 3.63) is 50.8 Å². The normalized spacial score (nSPS) is 15.6. The predicted molar refractivity (Wildman–Crippen MR) is 124 cm³/mol. The summed E-state index contributed by atoms with van der Waals surface area (Å²) in [6, 6.07) is 8.19. The molecule has 0 atom stereocenters. The quantitative estimate of drug-likeness (QED) is 0.332. The van der Waals surface area contributed by atoms with Gasteiger partial charge in [-0.3, -0.25) is 14.9 Å². The maximum atomic E-state index is 13.0. The fourth-order valence-electron chi connectivity index (χ4n) is 4.15. The fraction of sp³-hybridized carbons (Fsp3) is 0.304. The second kappa shape index (κ2) is 8.60. The van der Waals surface area contributed by atoms with Crippen LogP contribution in [-0.4, -0.2) is 35.3 Å². The molecule has 2 aromatic carbocycles. The Bertz CT molecular complexity index is 1380. The summed E-state index contributed by atoms with van der Waals surface area (Å²) in [5, 5.41) is 11.7. The summed E-state index contributed by atoms with van der Waals surface area (Å²) in [4.78, 5) is 31.0. The molecule has 9 nitrogen and oxygen atoms in total. The lowest BCUT2D eigenvalue weighted by atomic mass is 10.1. The van der Waals surface area contributed by atoms with Crippen molar-refractivity contribution in [2.24, 2.45) is 4.99 Å². The van der Waals surface area contributed by atoms with Crippen LogP contribution in [0.5, 0.6) is 11.5 Å². The van der Waals surface area contributed by atoms with E-state index in [1.54, 1.807) is 16.7 Å². The highest BCUT2D eigenvalue weighted by molar-refractivity contribution is 7.16. The summed E-state index contributed by atoms with van der Waals surface area (Å²) >= 11 is 1.29. The Morgan fingerprint density at radius 1 is 1.18 bits per heavy atom. The van der Waals surface area contributed by atoms with Crippen molar-refractivity contribution < 1.29 is 19.2 Å². The second-order valence-electron chi connectivity index (χ2n) is 7.77. The highest BCUT2D eigenvalue weighted by Crippen LogP contribution is 2.37. The zero-order valence-electron chi connectivity index (χ0n) is 17.7. The van der Waals surface area contributed by atoms with Crippen LogP contribution in [0.15, 0.2) is 35.3 Å². The third kappa shape index (κ3) is 3.91. The highest BCUT2D eigenvalue weighted by atomic mass is 32.1. The van der Waals surface area contributed by atoms with E-state index in [0.717, 1.165) is 42.6 Å². The number of rotatable bonds is 4. The maximum Gasteiger partial charge on any atom is 0.293 e. The van der Waals surface area contributed by atoms with Gasteiger partial charge in [0.25, 0.3) is 11.6 Å². The van der Waals surface area contributed by atoms with E-state index in [1.807, 2.05) is 17.0 Å². The van der Waals surface area contributed by atoms with Crippen LogP contribution in [0.2, 0.25) is 0 Å². The van der Waals surface area contributed by atoms with E-state index in [4.69, 9.17) is 15.9 Å². The van der Waals surface area contributed by atoms with E-state index in [1.165, 1.54) is 17.4 Å². The van der Waals surface area contributed by atoms with Gasteiger partial charge in [0, 0.05) is 36.9 Å². The van der Waals surface area contributed by atoms with Gasteiger partial charge in [-0.2, -0.15) is 4.99 Å². The van der Waals surface area contributed by atoms with Gasteiger partial charge in [0.05, 0.1) is 21.7 Å². The molecule has 0 aliphatic carbocycles. The summed E-state index contributed by atoms with van der Waals surface area (Å²) in [6.45, 7) is 1.90. The number of nitrogens with zero attached hydrogens (tertiary/aromatic N) is 4. The van der Waals surface area contributed by atoms with Crippen molar-refractivity contribution in [2.75, 3.05) is 24.8 Å². The number of nitro benzene ring substituents is 1. The van der Waals surface area contributed by atoms with Crippen LogP contribution in [0.4, 0.5) is 11.4 Å². The van der Waals surface area contributed by atoms with Crippen molar-refractivity contribution in [3.8, 4) is 23.8 Å². The van der Waals surface area contributed by atoms with Crippen LogP contribution in [0.3, 0.4) is 0 Å². The molecule has 0 radical (unpaired) electrons. The third-order valence-electron chi connectivity index (χ3n) is 5.74. The van der Waals surface area contributed by atoms with Crippen molar-refractivity contribution in [1.29, 1.82) is 0 Å². The van der Waals surface area contributed by atoms with Gasteiger partial charge in [-0.05, 0) is 31.4 Å². The van der Waals surface area contributed by atoms with E-state index in [9.17, 15) is 14.9 Å². The van der Waals surface area contributed by atoms with Gasteiger partial charge < -0.3 is 18.9 Å². The third-order valence-corrected chi connectivity index (χ3v) is 6.78. The Labute approximate surface area is 193 Å². The van der Waals surface area contributed by atoms with Crippen molar-refractivity contribution in [1.82, 2.24) is 4.57 Å². The molecule has 2 aliphatic rings. The SMILES string of the molecule is C#CCn1c(=NC(=O)c2ccc(N3CCCCC3)c([N+](=O)[O-])c2)sc2cc3c(cc21)OCO3. The molecule has 168 valence electrons. The molecule has 5 rings (SSSR count). The van der Waals surface area contributed by atoms with E-state index in [2.05, 4.69) is 10.9 Å². The molecule has 10 heteroatoms. The monoisotopic (exact) mass is 464 g/mol. The Hall–Kier alpha value is -3.84. The molecule has 1 fully saturated rings. The Balaban J connectivity index is 1.55. The number of terminal acetylenes is 1. The lowest BCUT2D eigenvalue weighted by Gasteiger charge is -2.28. The zero-order valence-corrected chi connectivity index (χ0v) is 18.5. The zero-order chi connectivity index (χ0) is 22.9. The number of nitro groups is 1. The maximum absolute atomic E-state index is 13.0. The van der Waals surface area contributed by atoms with Crippen molar-refractivity contribution in [2.45, 2.75) is 25.8 Å². The molecule has 0 N–H and O–H groups in total. The summed E-state index contributed by atoms with van der Waals surface area (Å²) < 4.78 is 13.5. The molecule has 0 bridgehead atoms. The minimum absolute atomic E-state index is 0.0866. The molecule has 1 saturated heterocycles. The average molecular weight is 465 g/mol. The van der Waals surface area contributed by atoms with Crippen LogP contribution < -0.4 is 19.2 Å². The van der Waals surface area contributed by atoms with E-state index >= 15 is 0 Å². The van der Waals surface area contributed by atoms with Crippen LogP contribution in [0, 0.1) is 22.5 Å². The lowest BCUT2D eigenvalue weighted by Crippen LogP contribution is -2.30. The standard InChI is InChI=1S/C23H20N4O5S/c1-2-8-26-18-12-19-20(32-14-31-19)13-21(18)33-23(26)24-22(28)15-6-7-16(17(11-15)27(29)30)25-9-4-3-5-10-25/h1,6-7,11-13H,3-5,8-10,14H2. The van der Waals surface area contributed by atoms with Crippen LogP contribution in [0.1, 0.15) is 29.6 Å². The first kappa shape index (κ1) is 21.0. The first-order valence-electron chi connectivity index (χ1n) is 10.5. The molecule has 0 saturated carbocycles.